The van der Waals surface area contributed by atoms with Crippen LogP contribution in [0.5, 0.6) is 0 Å². The average Bonchev–Trinajstić information content (AvgIpc) is 1.82. The molecule has 4 heteroatoms. The molecule has 0 saturated heterocycles. The van der Waals surface area contributed by atoms with Gasteiger partial charge in [0.15, 0.2) is 0 Å². The van der Waals surface area contributed by atoms with E-state index in [2.05, 4.69) is 0 Å². The number of hydrogen-bond donors (Lipinski definition) is 2. The molecule has 11 heavy (non-hydrogen) atoms. The summed E-state index contributed by atoms with van der Waals surface area (Å²) in [5.74, 6) is 0. The van der Waals surface area contributed by atoms with Crippen molar-refractivity contribution < 1.29 is 0 Å². The predicted octanol–water partition coefficient (Wildman–Crippen LogP) is 1.47. The van der Waals surface area contributed by atoms with Gasteiger partial charge in [-0.05, 0) is 20.3 Å². The van der Waals surface area contributed by atoms with Crippen LogP contribution in [0.4, 0.5) is 0 Å². The van der Waals surface area contributed by atoms with Gasteiger partial charge >= 0.3 is 0 Å². The Kier molecular flexibility index (Phi) is 16.2. The van der Waals surface area contributed by atoms with Crippen molar-refractivity contribution in [2.75, 3.05) is 0 Å². The molecule has 0 bridgehead atoms. The molecular formula is C7H18Cl2N2. The molecule has 2 nitrogen and oxygen atoms in total. The summed E-state index contributed by atoms with van der Waals surface area (Å²) in [7, 11) is 0. The largest absolute Gasteiger partial charge is 0.327 e. The Morgan fingerprint density at radius 2 is 1.73 bits per heavy atom. The third-order valence-corrected chi connectivity index (χ3v) is 1.32. The van der Waals surface area contributed by atoms with Gasteiger partial charge in [-0.1, -0.05) is 12.2 Å². The van der Waals surface area contributed by atoms with Crippen molar-refractivity contribution in [2.24, 2.45) is 11.5 Å². The van der Waals surface area contributed by atoms with E-state index in [9.17, 15) is 0 Å². The lowest BCUT2D eigenvalue weighted by atomic mass is 10.1. The quantitative estimate of drug-likeness (QED) is 0.679. The second kappa shape index (κ2) is 10.2. The number of halogens is 2. The summed E-state index contributed by atoms with van der Waals surface area (Å²) in [5.41, 5.74) is 11.1. The van der Waals surface area contributed by atoms with Crippen LogP contribution in [0.25, 0.3) is 0 Å². The highest BCUT2D eigenvalue weighted by atomic mass is 35.5. The van der Waals surface area contributed by atoms with Gasteiger partial charge in [0.2, 0.25) is 0 Å². The molecule has 2 atom stereocenters. The van der Waals surface area contributed by atoms with E-state index in [1.54, 1.807) is 0 Å². The number of rotatable bonds is 3. The van der Waals surface area contributed by atoms with Crippen molar-refractivity contribution in [3.63, 3.8) is 0 Å². The van der Waals surface area contributed by atoms with Crippen LogP contribution in [0.2, 0.25) is 0 Å². The summed E-state index contributed by atoms with van der Waals surface area (Å²) in [6.45, 7) is 3.90. The zero-order valence-corrected chi connectivity index (χ0v) is 8.62. The first-order chi connectivity index (χ1) is 4.18. The van der Waals surface area contributed by atoms with Crippen LogP contribution < -0.4 is 11.5 Å². The molecule has 0 amide bonds. The van der Waals surface area contributed by atoms with Crippen LogP contribution in [0.15, 0.2) is 12.2 Å². The van der Waals surface area contributed by atoms with Gasteiger partial charge in [0, 0.05) is 12.1 Å². The van der Waals surface area contributed by atoms with Crippen molar-refractivity contribution >= 4 is 24.8 Å². The first-order valence-corrected chi connectivity index (χ1v) is 3.30. The number of hydrogen-bond acceptors (Lipinski definition) is 2. The molecule has 2 unspecified atom stereocenters. The zero-order chi connectivity index (χ0) is 7.28. The molecule has 0 aromatic heterocycles. The van der Waals surface area contributed by atoms with Crippen LogP contribution in [0.3, 0.4) is 0 Å². The molecule has 0 aliphatic heterocycles. The lowest BCUT2D eigenvalue weighted by molar-refractivity contribution is 0.566. The van der Waals surface area contributed by atoms with Gasteiger partial charge in [0.1, 0.15) is 0 Å². The summed E-state index contributed by atoms with van der Waals surface area (Å²) in [6, 6.07) is 0.211. The summed E-state index contributed by atoms with van der Waals surface area (Å²) < 4.78 is 0. The minimum Gasteiger partial charge on any atom is -0.327 e. The van der Waals surface area contributed by atoms with Crippen molar-refractivity contribution in [1.29, 1.82) is 0 Å². The Morgan fingerprint density at radius 1 is 1.27 bits per heavy atom. The zero-order valence-electron chi connectivity index (χ0n) is 6.99. The normalized spacial score (nSPS) is 14.9. The van der Waals surface area contributed by atoms with Crippen molar-refractivity contribution in [3.05, 3.63) is 12.2 Å². The molecule has 0 heterocycles. The van der Waals surface area contributed by atoms with E-state index in [-0.39, 0.29) is 36.9 Å². The van der Waals surface area contributed by atoms with E-state index in [1.165, 1.54) is 0 Å². The summed E-state index contributed by atoms with van der Waals surface area (Å²) in [4.78, 5) is 0. The molecule has 0 spiro atoms. The molecule has 4 N–H and O–H groups in total. The Labute approximate surface area is 81.2 Å². The Morgan fingerprint density at radius 3 is 2.00 bits per heavy atom. The van der Waals surface area contributed by atoms with Gasteiger partial charge in [-0.15, -0.1) is 24.8 Å². The van der Waals surface area contributed by atoms with Crippen LogP contribution in [0.1, 0.15) is 20.3 Å². The lowest BCUT2D eigenvalue weighted by Crippen LogP contribution is -2.38. The molecule has 0 rings (SSSR count). The fraction of sp³-hybridized carbons (Fsp3) is 0.714. The van der Waals surface area contributed by atoms with Crippen LogP contribution in [-0.4, -0.2) is 12.1 Å². The Balaban J connectivity index is -0.000000320. The standard InChI is InChI=1S/C7H16N2.2ClH/c1-3-4-5-7(9)6(2)8;;/h3-4,6-7H,5,8-9H2,1-2H3;2*1H/b4-3+;;. The molecule has 0 aliphatic carbocycles. The monoisotopic (exact) mass is 200 g/mol. The molecule has 0 aromatic rings. The maximum absolute atomic E-state index is 5.63. The van der Waals surface area contributed by atoms with Crippen LogP contribution in [0, 0.1) is 0 Å². The smallest absolute Gasteiger partial charge is 0.0224 e. The molecular weight excluding hydrogens is 183 g/mol. The van der Waals surface area contributed by atoms with Gasteiger partial charge in [0.25, 0.3) is 0 Å². The Hall–Kier alpha value is 0.240. The highest BCUT2D eigenvalue weighted by Gasteiger charge is 2.03. The molecule has 0 aliphatic rings. The minimum atomic E-state index is 0. The summed E-state index contributed by atoms with van der Waals surface area (Å²) in [5, 5.41) is 0. The van der Waals surface area contributed by atoms with Gasteiger partial charge in [-0.3, -0.25) is 0 Å². The second-order valence-electron chi connectivity index (χ2n) is 2.33. The third kappa shape index (κ3) is 10.2. The second-order valence-corrected chi connectivity index (χ2v) is 2.33. The summed E-state index contributed by atoms with van der Waals surface area (Å²) in [6.07, 6.45) is 4.91. The van der Waals surface area contributed by atoms with Crippen molar-refractivity contribution in [2.45, 2.75) is 32.4 Å². The van der Waals surface area contributed by atoms with Crippen molar-refractivity contribution in [3.8, 4) is 0 Å². The van der Waals surface area contributed by atoms with E-state index in [4.69, 9.17) is 11.5 Å². The maximum Gasteiger partial charge on any atom is 0.0224 e. The average molecular weight is 201 g/mol. The van der Waals surface area contributed by atoms with E-state index in [0.717, 1.165) is 6.42 Å². The van der Waals surface area contributed by atoms with E-state index in [0.29, 0.717) is 0 Å². The van der Waals surface area contributed by atoms with Gasteiger partial charge < -0.3 is 11.5 Å². The van der Waals surface area contributed by atoms with Gasteiger partial charge in [-0.25, -0.2) is 0 Å². The highest BCUT2D eigenvalue weighted by Crippen LogP contribution is 1.92. The molecule has 0 radical (unpaired) electrons. The van der Waals surface area contributed by atoms with E-state index < -0.39 is 0 Å². The van der Waals surface area contributed by atoms with Gasteiger partial charge in [0.05, 0.1) is 0 Å². The van der Waals surface area contributed by atoms with E-state index in [1.807, 2.05) is 26.0 Å². The SMILES string of the molecule is C/C=C/CC(N)C(C)N.Cl.Cl. The fourth-order valence-electron chi connectivity index (χ4n) is 0.508. The Bertz CT molecular complexity index is 94.4. The van der Waals surface area contributed by atoms with Crippen LogP contribution >= 0.6 is 24.8 Å². The highest BCUT2D eigenvalue weighted by molar-refractivity contribution is 5.85. The maximum atomic E-state index is 5.63. The number of allylic oxidation sites excluding steroid dienone is 1. The summed E-state index contributed by atoms with van der Waals surface area (Å²) >= 11 is 0. The molecule has 70 valence electrons. The lowest BCUT2D eigenvalue weighted by Gasteiger charge is -2.11. The van der Waals surface area contributed by atoms with E-state index >= 15 is 0 Å². The van der Waals surface area contributed by atoms with Crippen molar-refractivity contribution in [1.82, 2.24) is 0 Å². The van der Waals surface area contributed by atoms with Gasteiger partial charge in [-0.2, -0.15) is 0 Å². The molecule has 0 saturated carbocycles. The number of nitrogens with two attached hydrogens (primary N) is 2. The molecule has 0 fully saturated rings. The van der Waals surface area contributed by atoms with Crippen LogP contribution in [-0.2, 0) is 0 Å². The first kappa shape index (κ1) is 17.4. The fourth-order valence-corrected chi connectivity index (χ4v) is 0.508. The third-order valence-electron chi connectivity index (χ3n) is 1.32. The topological polar surface area (TPSA) is 52.0 Å². The first-order valence-electron chi connectivity index (χ1n) is 3.30. The minimum absolute atomic E-state index is 0. The predicted molar refractivity (Wildman–Crippen MR) is 55.6 cm³/mol. The molecule has 0 aromatic carbocycles.